The Bertz CT molecular complexity index is 997. The van der Waals surface area contributed by atoms with Gasteiger partial charge in [-0.1, -0.05) is 6.07 Å². The first-order chi connectivity index (χ1) is 13.0. The summed E-state index contributed by atoms with van der Waals surface area (Å²) in [4.78, 5) is 32.8. The van der Waals surface area contributed by atoms with Crippen LogP contribution in [0.5, 0.6) is 5.75 Å². The molecule has 0 saturated carbocycles. The van der Waals surface area contributed by atoms with Gasteiger partial charge in [0.25, 0.3) is 11.8 Å². The molecule has 3 rings (SSSR count). The van der Waals surface area contributed by atoms with Crippen LogP contribution in [0, 0.1) is 6.92 Å². The number of ether oxygens (including phenoxy) is 1. The molecular formula is C19H19N5O3. The smallest absolute Gasteiger partial charge is 0.274 e. The number of pyridine rings is 1. The number of methoxy groups -OCH3 is 1. The summed E-state index contributed by atoms with van der Waals surface area (Å²) in [7, 11) is 3.26. The number of carbonyl (C=O) groups excluding carboxylic acids is 2. The van der Waals surface area contributed by atoms with Crippen molar-refractivity contribution in [1.29, 1.82) is 0 Å². The van der Waals surface area contributed by atoms with Gasteiger partial charge in [-0.2, -0.15) is 0 Å². The maximum atomic E-state index is 12.4. The van der Waals surface area contributed by atoms with E-state index in [0.29, 0.717) is 22.8 Å². The highest BCUT2D eigenvalue weighted by Crippen LogP contribution is 2.22. The third-order valence-electron chi connectivity index (χ3n) is 3.99. The van der Waals surface area contributed by atoms with Crippen LogP contribution in [0.4, 0.5) is 11.4 Å². The topological polar surface area (TPSA) is 98.1 Å². The Morgan fingerprint density at radius 1 is 1.11 bits per heavy atom. The number of anilines is 2. The molecule has 1 aromatic carbocycles. The molecule has 2 amide bonds. The Balaban J connectivity index is 1.77. The van der Waals surface area contributed by atoms with Gasteiger partial charge in [-0.15, -0.1) is 0 Å². The number of aromatic nitrogens is 3. The van der Waals surface area contributed by atoms with Crippen LogP contribution in [0.1, 0.15) is 26.5 Å². The number of nitrogens with zero attached hydrogens (tertiary/aromatic N) is 3. The number of carbonyl (C=O) groups is 2. The van der Waals surface area contributed by atoms with Crippen molar-refractivity contribution in [3.8, 4) is 5.75 Å². The van der Waals surface area contributed by atoms with Gasteiger partial charge in [-0.25, -0.2) is 4.98 Å². The van der Waals surface area contributed by atoms with Gasteiger partial charge in [-0.05, 0) is 30.7 Å². The second-order valence-corrected chi connectivity index (χ2v) is 5.91. The first kappa shape index (κ1) is 18.1. The summed E-state index contributed by atoms with van der Waals surface area (Å²) in [5.74, 6) is -0.110. The summed E-state index contributed by atoms with van der Waals surface area (Å²) in [5.41, 5.74) is 2.66. The van der Waals surface area contributed by atoms with Crippen molar-refractivity contribution >= 4 is 23.2 Å². The Labute approximate surface area is 156 Å². The summed E-state index contributed by atoms with van der Waals surface area (Å²) in [5, 5.41) is 5.61. The number of imidazole rings is 1. The highest BCUT2D eigenvalue weighted by atomic mass is 16.5. The standard InChI is InChI=1S/C19H19N5O3/c1-12-4-5-13(22-18(25)16-9-14(27-3)6-7-21-16)8-15(12)23-19(26)17-10-20-11-24(17)2/h4-11H,1-3H3,(H,22,25)(H,23,26). The highest BCUT2D eigenvalue weighted by Gasteiger charge is 2.13. The minimum absolute atomic E-state index is 0.232. The number of hydrogen-bond donors (Lipinski definition) is 2. The summed E-state index contributed by atoms with van der Waals surface area (Å²) in [6.07, 6.45) is 4.55. The number of benzene rings is 1. The normalized spacial score (nSPS) is 10.3. The number of aryl methyl sites for hydroxylation is 2. The Hall–Kier alpha value is -3.68. The lowest BCUT2D eigenvalue weighted by Gasteiger charge is -2.12. The molecule has 2 aromatic heterocycles. The molecule has 0 fully saturated rings. The van der Waals surface area contributed by atoms with E-state index >= 15 is 0 Å². The number of nitrogens with one attached hydrogen (secondary N) is 2. The molecule has 0 bridgehead atoms. The first-order valence-electron chi connectivity index (χ1n) is 8.17. The van der Waals surface area contributed by atoms with Crippen molar-refractivity contribution in [2.24, 2.45) is 7.05 Å². The third kappa shape index (κ3) is 4.12. The van der Waals surface area contributed by atoms with Crippen LogP contribution >= 0.6 is 0 Å². The molecule has 0 aliphatic rings. The van der Waals surface area contributed by atoms with Gasteiger partial charge in [-0.3, -0.25) is 14.6 Å². The van der Waals surface area contributed by atoms with E-state index < -0.39 is 0 Å². The van der Waals surface area contributed by atoms with Gasteiger partial charge < -0.3 is 19.9 Å². The van der Waals surface area contributed by atoms with Crippen molar-refractivity contribution < 1.29 is 14.3 Å². The van der Waals surface area contributed by atoms with Crippen LogP contribution in [0.2, 0.25) is 0 Å². The van der Waals surface area contributed by atoms with Crippen molar-refractivity contribution in [2.45, 2.75) is 6.92 Å². The second kappa shape index (κ2) is 7.69. The zero-order valence-electron chi connectivity index (χ0n) is 15.2. The number of hydrogen-bond acceptors (Lipinski definition) is 5. The highest BCUT2D eigenvalue weighted by molar-refractivity contribution is 6.05. The zero-order valence-corrected chi connectivity index (χ0v) is 15.2. The van der Waals surface area contributed by atoms with Crippen molar-refractivity contribution in [3.63, 3.8) is 0 Å². The summed E-state index contributed by atoms with van der Waals surface area (Å²) >= 11 is 0. The van der Waals surface area contributed by atoms with E-state index in [0.717, 1.165) is 5.56 Å². The van der Waals surface area contributed by atoms with E-state index in [-0.39, 0.29) is 17.5 Å². The molecule has 0 aliphatic heterocycles. The molecule has 138 valence electrons. The van der Waals surface area contributed by atoms with Crippen molar-refractivity contribution in [3.05, 3.63) is 66.0 Å². The maximum absolute atomic E-state index is 12.4. The lowest BCUT2D eigenvalue weighted by molar-refractivity contribution is 0.101. The summed E-state index contributed by atoms with van der Waals surface area (Å²) in [6.45, 7) is 1.87. The minimum atomic E-state index is -0.373. The Morgan fingerprint density at radius 2 is 1.93 bits per heavy atom. The van der Waals surface area contributed by atoms with Gasteiger partial charge in [0.1, 0.15) is 17.1 Å². The molecule has 0 saturated heterocycles. The first-order valence-corrected chi connectivity index (χ1v) is 8.17. The van der Waals surface area contributed by atoms with Crippen LogP contribution < -0.4 is 15.4 Å². The molecule has 8 nitrogen and oxygen atoms in total. The van der Waals surface area contributed by atoms with Gasteiger partial charge >= 0.3 is 0 Å². The minimum Gasteiger partial charge on any atom is -0.497 e. The van der Waals surface area contributed by atoms with Gasteiger partial charge in [0, 0.05) is 30.7 Å². The predicted octanol–water partition coefficient (Wildman–Crippen LogP) is 2.64. The predicted molar refractivity (Wildman–Crippen MR) is 101 cm³/mol. The van der Waals surface area contributed by atoms with E-state index in [1.54, 1.807) is 42.2 Å². The molecule has 27 heavy (non-hydrogen) atoms. The van der Waals surface area contributed by atoms with Gasteiger partial charge in [0.2, 0.25) is 0 Å². The molecule has 0 atom stereocenters. The third-order valence-corrected chi connectivity index (χ3v) is 3.99. The Kier molecular flexibility index (Phi) is 5.16. The van der Waals surface area contributed by atoms with Gasteiger partial charge in [0.05, 0.1) is 19.6 Å². The van der Waals surface area contributed by atoms with Crippen LogP contribution in [-0.2, 0) is 7.05 Å². The summed E-state index contributed by atoms with van der Waals surface area (Å²) in [6, 6.07) is 8.48. The molecule has 0 spiro atoms. The fraction of sp³-hybridized carbons (Fsp3) is 0.158. The molecule has 0 aliphatic carbocycles. The van der Waals surface area contributed by atoms with Crippen LogP contribution in [0.3, 0.4) is 0 Å². The summed E-state index contributed by atoms with van der Waals surface area (Å²) < 4.78 is 6.73. The zero-order chi connectivity index (χ0) is 19.4. The van der Waals surface area contributed by atoms with Crippen LogP contribution in [0.25, 0.3) is 0 Å². The van der Waals surface area contributed by atoms with Gasteiger partial charge in [0.15, 0.2) is 0 Å². The van der Waals surface area contributed by atoms with E-state index in [1.807, 2.05) is 13.0 Å². The lowest BCUT2D eigenvalue weighted by Crippen LogP contribution is -2.17. The molecule has 2 N–H and O–H groups in total. The van der Waals surface area contributed by atoms with E-state index in [2.05, 4.69) is 20.6 Å². The average Bonchev–Trinajstić information content (AvgIpc) is 3.10. The van der Waals surface area contributed by atoms with E-state index in [9.17, 15) is 9.59 Å². The van der Waals surface area contributed by atoms with E-state index in [4.69, 9.17) is 4.74 Å². The average molecular weight is 365 g/mol. The monoisotopic (exact) mass is 365 g/mol. The lowest BCUT2D eigenvalue weighted by atomic mass is 10.1. The van der Waals surface area contributed by atoms with Crippen LogP contribution in [-0.4, -0.2) is 33.5 Å². The quantitative estimate of drug-likeness (QED) is 0.724. The fourth-order valence-corrected chi connectivity index (χ4v) is 2.45. The number of amides is 2. The SMILES string of the molecule is COc1ccnc(C(=O)Nc2ccc(C)c(NC(=O)c3cncn3C)c2)c1. The Morgan fingerprint density at radius 3 is 2.63 bits per heavy atom. The number of rotatable bonds is 5. The molecule has 0 radical (unpaired) electrons. The molecule has 2 heterocycles. The molecular weight excluding hydrogens is 346 g/mol. The van der Waals surface area contributed by atoms with Crippen molar-refractivity contribution in [1.82, 2.24) is 14.5 Å². The fourth-order valence-electron chi connectivity index (χ4n) is 2.45. The second-order valence-electron chi connectivity index (χ2n) is 5.91. The molecule has 3 aromatic rings. The van der Waals surface area contributed by atoms with E-state index in [1.165, 1.54) is 19.5 Å². The van der Waals surface area contributed by atoms with Crippen molar-refractivity contribution in [2.75, 3.05) is 17.7 Å². The largest absolute Gasteiger partial charge is 0.497 e. The molecule has 0 unspecified atom stereocenters. The van der Waals surface area contributed by atoms with Crippen LogP contribution in [0.15, 0.2) is 49.1 Å². The maximum Gasteiger partial charge on any atom is 0.274 e. The molecule has 8 heteroatoms.